The molecule has 0 spiro atoms. The third-order valence-corrected chi connectivity index (χ3v) is 4.47. The molecule has 1 aliphatic rings. The lowest BCUT2D eigenvalue weighted by molar-refractivity contribution is -0.119. The normalized spacial score (nSPS) is 13.1. The predicted octanol–water partition coefficient (Wildman–Crippen LogP) is 4.19. The van der Waals surface area contributed by atoms with Gasteiger partial charge in [-0.05, 0) is 53.6 Å². The predicted molar refractivity (Wildman–Crippen MR) is 115 cm³/mol. The number of carbonyl (C=O) groups is 1. The molecule has 0 fully saturated rings. The van der Waals surface area contributed by atoms with Gasteiger partial charge in [-0.1, -0.05) is 42.5 Å². The van der Waals surface area contributed by atoms with Gasteiger partial charge in [0.2, 0.25) is 6.79 Å². The Morgan fingerprint density at radius 2 is 1.86 bits per heavy atom. The standard InChI is InChI=1S/C23H21N3O3/c1-16(6-7-17-8-11-21-22(12-17)29-15-28-21)25-26-23(27)14-24-20-10-9-18-4-2-3-5-19(18)13-20/h2-13,24H,14-15H2,1H3,(H,26,27)/b7-6+,25-16+. The van der Waals surface area contributed by atoms with Crippen LogP contribution < -0.4 is 20.2 Å². The van der Waals surface area contributed by atoms with Crippen LogP contribution in [-0.4, -0.2) is 25.0 Å². The van der Waals surface area contributed by atoms with Crippen molar-refractivity contribution in [1.82, 2.24) is 5.43 Å². The largest absolute Gasteiger partial charge is 0.454 e. The topological polar surface area (TPSA) is 72.0 Å². The summed E-state index contributed by atoms with van der Waals surface area (Å²) >= 11 is 0. The molecule has 29 heavy (non-hydrogen) atoms. The van der Waals surface area contributed by atoms with Crippen LogP contribution in [0.25, 0.3) is 16.8 Å². The smallest absolute Gasteiger partial charge is 0.259 e. The Morgan fingerprint density at radius 1 is 1.03 bits per heavy atom. The van der Waals surface area contributed by atoms with Crippen LogP contribution in [0.1, 0.15) is 12.5 Å². The van der Waals surface area contributed by atoms with Crippen LogP contribution in [0.15, 0.2) is 71.8 Å². The number of carbonyl (C=O) groups excluding carboxylic acids is 1. The lowest BCUT2D eigenvalue weighted by atomic mass is 10.1. The highest BCUT2D eigenvalue weighted by Crippen LogP contribution is 2.32. The zero-order valence-corrected chi connectivity index (χ0v) is 16.0. The number of fused-ring (bicyclic) bond motifs is 2. The van der Waals surface area contributed by atoms with Crippen molar-refractivity contribution in [2.45, 2.75) is 6.92 Å². The van der Waals surface area contributed by atoms with Crippen LogP contribution in [0.5, 0.6) is 11.5 Å². The van der Waals surface area contributed by atoms with Crippen LogP contribution in [-0.2, 0) is 4.79 Å². The van der Waals surface area contributed by atoms with Crippen LogP contribution in [0.3, 0.4) is 0 Å². The Hall–Kier alpha value is -3.80. The number of hydrogen-bond acceptors (Lipinski definition) is 5. The number of hydrazone groups is 1. The number of allylic oxidation sites excluding steroid dienone is 1. The molecule has 3 aromatic rings. The lowest BCUT2D eigenvalue weighted by Gasteiger charge is -2.07. The average Bonchev–Trinajstić information content (AvgIpc) is 3.22. The molecule has 0 saturated carbocycles. The summed E-state index contributed by atoms with van der Waals surface area (Å²) in [6.45, 7) is 2.21. The number of rotatable bonds is 6. The van der Waals surface area contributed by atoms with E-state index in [-0.39, 0.29) is 19.2 Å². The van der Waals surface area contributed by atoms with Crippen molar-refractivity contribution in [3.8, 4) is 11.5 Å². The van der Waals surface area contributed by atoms with Gasteiger partial charge in [-0.25, -0.2) is 5.43 Å². The maximum Gasteiger partial charge on any atom is 0.259 e. The molecule has 0 radical (unpaired) electrons. The maximum absolute atomic E-state index is 12.1. The van der Waals surface area contributed by atoms with Crippen LogP contribution >= 0.6 is 0 Å². The van der Waals surface area contributed by atoms with Crippen molar-refractivity contribution in [3.05, 3.63) is 72.3 Å². The summed E-state index contributed by atoms with van der Waals surface area (Å²) in [6, 6.07) is 19.8. The van der Waals surface area contributed by atoms with Crippen LogP contribution in [0, 0.1) is 0 Å². The van der Waals surface area contributed by atoms with E-state index in [1.807, 2.05) is 73.7 Å². The van der Waals surface area contributed by atoms with Crippen LogP contribution in [0.4, 0.5) is 5.69 Å². The van der Waals surface area contributed by atoms with Gasteiger partial charge in [0.15, 0.2) is 11.5 Å². The minimum absolute atomic E-state index is 0.140. The van der Waals surface area contributed by atoms with Crippen molar-refractivity contribution < 1.29 is 14.3 Å². The van der Waals surface area contributed by atoms with E-state index in [9.17, 15) is 4.79 Å². The fourth-order valence-corrected chi connectivity index (χ4v) is 2.94. The summed E-state index contributed by atoms with van der Waals surface area (Å²) in [4.78, 5) is 12.1. The van der Waals surface area contributed by atoms with E-state index in [1.165, 1.54) is 0 Å². The number of benzene rings is 3. The first kappa shape index (κ1) is 18.6. The molecule has 3 aromatic carbocycles. The van der Waals surface area contributed by atoms with Gasteiger partial charge in [0.05, 0.1) is 12.3 Å². The summed E-state index contributed by atoms with van der Waals surface area (Å²) < 4.78 is 10.7. The Kier molecular flexibility index (Phi) is 5.42. The highest BCUT2D eigenvalue weighted by molar-refractivity contribution is 5.97. The first-order valence-electron chi connectivity index (χ1n) is 9.31. The molecule has 1 aliphatic heterocycles. The summed E-state index contributed by atoms with van der Waals surface area (Å²) in [6.07, 6.45) is 3.73. The quantitative estimate of drug-likeness (QED) is 0.492. The molecule has 146 valence electrons. The molecule has 0 saturated heterocycles. The van der Waals surface area contributed by atoms with Crippen molar-refractivity contribution in [2.75, 3.05) is 18.7 Å². The first-order valence-corrected chi connectivity index (χ1v) is 9.31. The van der Waals surface area contributed by atoms with Gasteiger partial charge in [0, 0.05) is 5.69 Å². The van der Waals surface area contributed by atoms with E-state index in [0.717, 1.165) is 33.5 Å². The number of amides is 1. The summed E-state index contributed by atoms with van der Waals surface area (Å²) in [7, 11) is 0. The van der Waals surface area contributed by atoms with Gasteiger partial charge in [-0.15, -0.1) is 0 Å². The Bertz CT molecular complexity index is 1110. The van der Waals surface area contributed by atoms with Crippen molar-refractivity contribution in [1.29, 1.82) is 0 Å². The molecule has 0 bridgehead atoms. The minimum Gasteiger partial charge on any atom is -0.454 e. The van der Waals surface area contributed by atoms with Gasteiger partial charge < -0.3 is 14.8 Å². The monoisotopic (exact) mass is 387 g/mol. The second kappa shape index (κ2) is 8.48. The minimum atomic E-state index is -0.214. The van der Waals surface area contributed by atoms with Crippen molar-refractivity contribution in [2.24, 2.45) is 5.10 Å². The molecule has 0 aromatic heterocycles. The zero-order valence-electron chi connectivity index (χ0n) is 16.0. The number of ether oxygens (including phenoxy) is 2. The van der Waals surface area contributed by atoms with Crippen LogP contribution in [0.2, 0.25) is 0 Å². The molecule has 1 amide bonds. The van der Waals surface area contributed by atoms with Gasteiger partial charge >= 0.3 is 0 Å². The second-order valence-corrected chi connectivity index (χ2v) is 6.65. The van der Waals surface area contributed by atoms with Gasteiger partial charge in [-0.3, -0.25) is 4.79 Å². The molecular formula is C23H21N3O3. The third-order valence-electron chi connectivity index (χ3n) is 4.47. The summed E-state index contributed by atoms with van der Waals surface area (Å²) in [5.41, 5.74) is 5.10. The van der Waals surface area contributed by atoms with Crippen molar-refractivity contribution >= 4 is 34.2 Å². The van der Waals surface area contributed by atoms with Crippen molar-refractivity contribution in [3.63, 3.8) is 0 Å². The molecular weight excluding hydrogens is 366 g/mol. The van der Waals surface area contributed by atoms with E-state index >= 15 is 0 Å². The number of hydrogen-bond donors (Lipinski definition) is 2. The van der Waals surface area contributed by atoms with Gasteiger partial charge in [0.1, 0.15) is 0 Å². The van der Waals surface area contributed by atoms with E-state index < -0.39 is 0 Å². The first-order chi connectivity index (χ1) is 14.2. The second-order valence-electron chi connectivity index (χ2n) is 6.65. The zero-order chi connectivity index (χ0) is 20.1. The molecule has 2 N–H and O–H groups in total. The molecule has 0 aliphatic carbocycles. The Morgan fingerprint density at radius 3 is 2.76 bits per heavy atom. The van der Waals surface area contributed by atoms with Gasteiger partial charge in [-0.2, -0.15) is 5.10 Å². The Balaban J connectivity index is 1.29. The third kappa shape index (κ3) is 4.73. The summed E-state index contributed by atoms with van der Waals surface area (Å²) in [5.74, 6) is 1.27. The average molecular weight is 387 g/mol. The number of nitrogens with one attached hydrogen (secondary N) is 2. The highest BCUT2D eigenvalue weighted by atomic mass is 16.7. The molecule has 0 unspecified atom stereocenters. The number of anilines is 1. The summed E-state index contributed by atoms with van der Waals surface area (Å²) in [5, 5.41) is 9.51. The fourth-order valence-electron chi connectivity index (χ4n) is 2.94. The lowest BCUT2D eigenvalue weighted by Crippen LogP contribution is -2.26. The van der Waals surface area contributed by atoms with E-state index in [4.69, 9.17) is 9.47 Å². The SMILES string of the molecule is CC(/C=C/c1ccc2c(c1)OCO2)=N\NC(=O)CNc1ccc2ccccc2c1. The fraction of sp³-hybridized carbons (Fsp3) is 0.130. The molecule has 0 atom stereocenters. The van der Waals surface area contributed by atoms with E-state index in [1.54, 1.807) is 0 Å². The molecule has 6 heteroatoms. The van der Waals surface area contributed by atoms with E-state index in [0.29, 0.717) is 5.71 Å². The molecule has 6 nitrogen and oxygen atoms in total. The Labute approximate surface area is 168 Å². The van der Waals surface area contributed by atoms with Gasteiger partial charge in [0.25, 0.3) is 5.91 Å². The maximum atomic E-state index is 12.1. The number of nitrogens with zero attached hydrogens (tertiary/aromatic N) is 1. The van der Waals surface area contributed by atoms with E-state index in [2.05, 4.69) is 21.9 Å². The molecule has 4 rings (SSSR count). The molecule has 1 heterocycles. The highest BCUT2D eigenvalue weighted by Gasteiger charge is 2.12.